The fourth-order valence-corrected chi connectivity index (χ4v) is 3.49. The molecule has 3 aromatic carbocycles. The van der Waals surface area contributed by atoms with Crippen molar-refractivity contribution in [3.63, 3.8) is 0 Å². The third kappa shape index (κ3) is 4.79. The second-order valence-corrected chi connectivity index (χ2v) is 6.68. The lowest BCUT2D eigenvalue weighted by Gasteiger charge is -2.28. The van der Waals surface area contributed by atoms with Gasteiger partial charge in [-0.1, -0.05) is 56.2 Å². The number of rotatable bonds is 7. The Morgan fingerprint density at radius 3 is 1.74 bits per heavy atom. The predicted octanol–water partition coefficient (Wildman–Crippen LogP) is 7.05. The molecule has 3 rings (SSSR count). The van der Waals surface area contributed by atoms with Crippen molar-refractivity contribution in [2.45, 2.75) is 32.1 Å². The molecule has 3 aromatic rings. The third-order valence-electron chi connectivity index (χ3n) is 4.72. The molecule has 1 unspecified atom stereocenters. The predicted molar refractivity (Wildman–Crippen MR) is 103 cm³/mol. The maximum Gasteiger partial charge on any atom is 0.123 e. The van der Waals surface area contributed by atoms with Gasteiger partial charge >= 0.3 is 0 Å². The molecule has 1 radical (unpaired) electrons. The molecule has 0 spiro atoms. The third-order valence-corrected chi connectivity index (χ3v) is 4.72. The highest BCUT2D eigenvalue weighted by molar-refractivity contribution is 5.51. The van der Waals surface area contributed by atoms with Gasteiger partial charge in [-0.3, -0.25) is 0 Å². The fraction of sp³-hybridized carbons (Fsp3) is 0.208. The number of hydrogen-bond donors (Lipinski definition) is 0. The molecule has 0 aliphatic carbocycles. The summed E-state index contributed by atoms with van der Waals surface area (Å²) in [6.45, 7) is 2.09. The Morgan fingerprint density at radius 2 is 1.26 bits per heavy atom. The second-order valence-electron chi connectivity index (χ2n) is 6.68. The fourth-order valence-electron chi connectivity index (χ4n) is 3.49. The Kier molecular flexibility index (Phi) is 6.33. The second kappa shape index (κ2) is 8.90. The quantitative estimate of drug-likeness (QED) is 0.420. The standard InChI is InChI=1S/C24H22F3/c1-2-3-13-23(17-7-4-10-20(25)14-17)24(18-8-5-11-21(26)15-18)19-9-6-12-22(27)16-19/h4-12,14-16,23H,2-3,13H2,1H3. The molecular formula is C24H22F3. The van der Waals surface area contributed by atoms with Crippen LogP contribution in [0.15, 0.2) is 72.8 Å². The summed E-state index contributed by atoms with van der Waals surface area (Å²) < 4.78 is 41.8. The van der Waals surface area contributed by atoms with Gasteiger partial charge in [0.05, 0.1) is 0 Å². The van der Waals surface area contributed by atoms with E-state index in [4.69, 9.17) is 0 Å². The van der Waals surface area contributed by atoms with Crippen molar-refractivity contribution in [1.82, 2.24) is 0 Å². The van der Waals surface area contributed by atoms with Gasteiger partial charge in [-0.2, -0.15) is 0 Å². The Hall–Kier alpha value is -2.55. The molecule has 0 saturated heterocycles. The van der Waals surface area contributed by atoms with Crippen LogP contribution in [0.4, 0.5) is 13.2 Å². The highest BCUT2D eigenvalue weighted by Gasteiger charge is 2.28. The lowest BCUT2D eigenvalue weighted by Crippen LogP contribution is -2.15. The normalized spacial score (nSPS) is 12.3. The van der Waals surface area contributed by atoms with Gasteiger partial charge in [0.15, 0.2) is 0 Å². The molecule has 0 bridgehead atoms. The van der Waals surface area contributed by atoms with Gasteiger partial charge in [-0.15, -0.1) is 0 Å². The van der Waals surface area contributed by atoms with Crippen LogP contribution in [-0.4, -0.2) is 0 Å². The van der Waals surface area contributed by atoms with Gasteiger partial charge in [0.25, 0.3) is 0 Å². The van der Waals surface area contributed by atoms with Crippen molar-refractivity contribution in [1.29, 1.82) is 0 Å². The van der Waals surface area contributed by atoms with Crippen LogP contribution in [0.5, 0.6) is 0 Å². The van der Waals surface area contributed by atoms with Gasteiger partial charge in [-0.05, 0) is 65.4 Å². The molecule has 27 heavy (non-hydrogen) atoms. The SMILES string of the molecule is CCCCC([C](c1cccc(F)c1)c1cccc(F)c1)c1cccc(F)c1. The zero-order valence-electron chi connectivity index (χ0n) is 15.3. The maximum atomic E-state index is 14.0. The molecular weight excluding hydrogens is 345 g/mol. The zero-order valence-corrected chi connectivity index (χ0v) is 15.3. The van der Waals surface area contributed by atoms with Crippen LogP contribution >= 0.6 is 0 Å². The summed E-state index contributed by atoms with van der Waals surface area (Å²) in [4.78, 5) is 0. The van der Waals surface area contributed by atoms with Crippen LogP contribution in [0.2, 0.25) is 0 Å². The molecule has 0 fully saturated rings. The highest BCUT2D eigenvalue weighted by Crippen LogP contribution is 2.41. The van der Waals surface area contributed by atoms with E-state index in [1.807, 2.05) is 18.2 Å². The van der Waals surface area contributed by atoms with E-state index in [9.17, 15) is 13.2 Å². The molecule has 0 aromatic heterocycles. The first-order chi connectivity index (χ1) is 13.1. The van der Waals surface area contributed by atoms with Gasteiger partial charge in [0.1, 0.15) is 17.5 Å². The van der Waals surface area contributed by atoms with Gasteiger partial charge in [-0.25, -0.2) is 13.2 Å². The van der Waals surface area contributed by atoms with E-state index in [0.717, 1.165) is 30.7 Å². The molecule has 0 aliphatic rings. The first-order valence-electron chi connectivity index (χ1n) is 9.22. The lowest BCUT2D eigenvalue weighted by molar-refractivity contribution is 0.590. The summed E-state index contributed by atoms with van der Waals surface area (Å²) in [5, 5.41) is 0. The molecule has 0 nitrogen and oxygen atoms in total. The first kappa shape index (κ1) is 19.2. The summed E-state index contributed by atoms with van der Waals surface area (Å²) in [5.41, 5.74) is 2.18. The van der Waals surface area contributed by atoms with E-state index in [1.54, 1.807) is 18.2 Å². The summed E-state index contributed by atoms with van der Waals surface area (Å²) in [6, 6.07) is 19.1. The van der Waals surface area contributed by atoms with E-state index in [-0.39, 0.29) is 23.4 Å². The minimum absolute atomic E-state index is 0.163. The van der Waals surface area contributed by atoms with Crippen LogP contribution in [0.25, 0.3) is 0 Å². The molecule has 0 heterocycles. The molecule has 3 heteroatoms. The molecule has 0 amide bonds. The summed E-state index contributed by atoms with van der Waals surface area (Å²) in [7, 11) is 0. The molecule has 0 aliphatic heterocycles. The smallest absolute Gasteiger partial charge is 0.123 e. The van der Waals surface area contributed by atoms with E-state index in [0.29, 0.717) is 11.1 Å². The number of unbranched alkanes of at least 4 members (excludes halogenated alkanes) is 1. The van der Waals surface area contributed by atoms with Crippen LogP contribution in [-0.2, 0) is 0 Å². The van der Waals surface area contributed by atoms with Crippen molar-refractivity contribution in [2.75, 3.05) is 0 Å². The Balaban J connectivity index is 2.15. The van der Waals surface area contributed by atoms with E-state index in [1.165, 1.54) is 36.4 Å². The van der Waals surface area contributed by atoms with Gasteiger partial charge < -0.3 is 0 Å². The molecule has 1 atom stereocenters. The first-order valence-corrected chi connectivity index (χ1v) is 9.22. The zero-order chi connectivity index (χ0) is 19.2. The van der Waals surface area contributed by atoms with Crippen LogP contribution in [0, 0.1) is 23.4 Å². The number of benzene rings is 3. The number of hydrogen-bond acceptors (Lipinski definition) is 0. The minimum Gasteiger partial charge on any atom is -0.207 e. The largest absolute Gasteiger partial charge is 0.207 e. The Morgan fingerprint density at radius 1 is 0.741 bits per heavy atom. The van der Waals surface area contributed by atoms with Crippen molar-refractivity contribution in [3.05, 3.63) is 113 Å². The van der Waals surface area contributed by atoms with Crippen LogP contribution in [0.3, 0.4) is 0 Å². The van der Waals surface area contributed by atoms with Crippen LogP contribution < -0.4 is 0 Å². The van der Waals surface area contributed by atoms with E-state index in [2.05, 4.69) is 6.92 Å². The van der Waals surface area contributed by atoms with E-state index < -0.39 is 0 Å². The topological polar surface area (TPSA) is 0 Å². The highest BCUT2D eigenvalue weighted by atomic mass is 19.1. The monoisotopic (exact) mass is 367 g/mol. The van der Waals surface area contributed by atoms with Crippen molar-refractivity contribution >= 4 is 0 Å². The molecule has 0 N–H and O–H groups in total. The minimum atomic E-state index is -0.352. The van der Waals surface area contributed by atoms with Crippen LogP contribution in [0.1, 0.15) is 48.8 Å². The van der Waals surface area contributed by atoms with Gasteiger partial charge in [0, 0.05) is 5.92 Å². The van der Waals surface area contributed by atoms with Crippen molar-refractivity contribution in [2.24, 2.45) is 0 Å². The van der Waals surface area contributed by atoms with Crippen molar-refractivity contribution in [3.8, 4) is 0 Å². The average molecular weight is 367 g/mol. The lowest BCUT2D eigenvalue weighted by atomic mass is 9.75. The van der Waals surface area contributed by atoms with E-state index >= 15 is 0 Å². The molecule has 139 valence electrons. The molecule has 0 saturated carbocycles. The Bertz CT molecular complexity index is 843. The summed E-state index contributed by atoms with van der Waals surface area (Å²) in [5.74, 6) is -0.367. The number of halogens is 3. The van der Waals surface area contributed by atoms with Crippen molar-refractivity contribution < 1.29 is 13.2 Å². The summed E-state index contributed by atoms with van der Waals surface area (Å²) >= 11 is 0. The average Bonchev–Trinajstić information content (AvgIpc) is 2.65. The maximum absolute atomic E-state index is 14.0. The Labute approximate surface area is 158 Å². The summed E-state index contributed by atoms with van der Waals surface area (Å²) in [6.07, 6.45) is 2.67. The van der Waals surface area contributed by atoms with Gasteiger partial charge in [0.2, 0.25) is 0 Å².